The van der Waals surface area contributed by atoms with E-state index in [9.17, 15) is 0 Å². The first kappa shape index (κ1) is 17.0. The van der Waals surface area contributed by atoms with Crippen LogP contribution in [0.25, 0.3) is 0 Å². The van der Waals surface area contributed by atoms with Crippen LogP contribution in [0.4, 0.5) is 0 Å². The van der Waals surface area contributed by atoms with Crippen molar-refractivity contribution in [3.8, 4) is 0 Å². The van der Waals surface area contributed by atoms with Gasteiger partial charge in [-0.2, -0.15) is 0 Å². The van der Waals surface area contributed by atoms with E-state index in [0.29, 0.717) is 11.5 Å². The average molecular weight is 269 g/mol. The predicted octanol–water partition coefficient (Wildman–Crippen LogP) is 4.39. The van der Waals surface area contributed by atoms with Gasteiger partial charge < -0.3 is 10.1 Å². The molecule has 1 fully saturated rings. The Hall–Kier alpha value is -0.0800. The van der Waals surface area contributed by atoms with Gasteiger partial charge in [0.1, 0.15) is 0 Å². The minimum absolute atomic E-state index is 0.00643. The van der Waals surface area contributed by atoms with Crippen molar-refractivity contribution in [1.29, 1.82) is 0 Å². The second-order valence-electron chi connectivity index (χ2n) is 7.51. The van der Waals surface area contributed by atoms with E-state index in [1.807, 2.05) is 7.11 Å². The van der Waals surface area contributed by atoms with Crippen molar-refractivity contribution < 1.29 is 4.74 Å². The van der Waals surface area contributed by atoms with Gasteiger partial charge >= 0.3 is 0 Å². The van der Waals surface area contributed by atoms with Crippen LogP contribution in [-0.2, 0) is 4.74 Å². The van der Waals surface area contributed by atoms with Gasteiger partial charge in [0.2, 0.25) is 0 Å². The summed E-state index contributed by atoms with van der Waals surface area (Å²) >= 11 is 0. The Morgan fingerprint density at radius 3 is 2.53 bits per heavy atom. The molecule has 2 unspecified atom stereocenters. The molecule has 0 aliphatic heterocycles. The van der Waals surface area contributed by atoms with Gasteiger partial charge in [-0.3, -0.25) is 0 Å². The summed E-state index contributed by atoms with van der Waals surface area (Å²) < 4.78 is 5.58. The van der Waals surface area contributed by atoms with Gasteiger partial charge in [0.15, 0.2) is 0 Å². The van der Waals surface area contributed by atoms with Crippen molar-refractivity contribution in [1.82, 2.24) is 5.32 Å². The summed E-state index contributed by atoms with van der Waals surface area (Å²) in [4.78, 5) is 0. The van der Waals surface area contributed by atoms with Crippen LogP contribution < -0.4 is 5.32 Å². The molecule has 0 aromatic carbocycles. The van der Waals surface area contributed by atoms with E-state index in [0.717, 1.165) is 18.9 Å². The van der Waals surface area contributed by atoms with E-state index in [4.69, 9.17) is 4.74 Å². The number of ether oxygens (including phenoxy) is 1. The monoisotopic (exact) mass is 269 g/mol. The van der Waals surface area contributed by atoms with Crippen LogP contribution >= 0.6 is 0 Å². The van der Waals surface area contributed by atoms with Crippen LogP contribution in [-0.4, -0.2) is 25.3 Å². The summed E-state index contributed by atoms with van der Waals surface area (Å²) in [5.74, 6) is 0.814. The van der Waals surface area contributed by atoms with Gasteiger partial charge in [-0.1, -0.05) is 33.6 Å². The second-order valence-corrected chi connectivity index (χ2v) is 7.51. The molecule has 0 bridgehead atoms. The predicted molar refractivity (Wildman–Crippen MR) is 83.5 cm³/mol. The van der Waals surface area contributed by atoms with Gasteiger partial charge in [0.05, 0.1) is 5.60 Å². The molecule has 1 aliphatic carbocycles. The number of nitrogens with one attached hydrogen (secondary N) is 1. The lowest BCUT2D eigenvalue weighted by molar-refractivity contribution is 0.00479. The number of rotatable bonds is 7. The summed E-state index contributed by atoms with van der Waals surface area (Å²) in [5.41, 5.74) is 0.495. The van der Waals surface area contributed by atoms with E-state index in [1.54, 1.807) is 0 Å². The minimum Gasteiger partial charge on any atom is -0.379 e. The molecular formula is C17H35NO. The molecule has 0 amide bonds. The lowest BCUT2D eigenvalue weighted by Gasteiger charge is -2.44. The topological polar surface area (TPSA) is 21.3 Å². The van der Waals surface area contributed by atoms with Crippen LogP contribution in [0.1, 0.15) is 73.1 Å². The Morgan fingerprint density at radius 1 is 1.32 bits per heavy atom. The molecule has 0 spiro atoms. The molecular weight excluding hydrogens is 234 g/mol. The van der Waals surface area contributed by atoms with Gasteiger partial charge in [-0.15, -0.1) is 0 Å². The lowest BCUT2D eigenvalue weighted by Crippen LogP contribution is -2.45. The Labute approximate surface area is 120 Å². The molecule has 0 heterocycles. The van der Waals surface area contributed by atoms with Gasteiger partial charge in [0, 0.05) is 13.2 Å². The van der Waals surface area contributed by atoms with Crippen molar-refractivity contribution >= 4 is 0 Å². The molecule has 0 aromatic rings. The minimum atomic E-state index is 0.00643. The van der Waals surface area contributed by atoms with Crippen molar-refractivity contribution in [3.05, 3.63) is 0 Å². The molecule has 0 saturated heterocycles. The maximum atomic E-state index is 5.58. The van der Waals surface area contributed by atoms with Crippen LogP contribution in [0, 0.1) is 11.3 Å². The van der Waals surface area contributed by atoms with Crippen LogP contribution in [0.3, 0.4) is 0 Å². The van der Waals surface area contributed by atoms with E-state index in [1.165, 1.54) is 32.1 Å². The smallest absolute Gasteiger partial charge is 0.0623 e. The molecule has 1 rings (SSSR count). The van der Waals surface area contributed by atoms with Crippen LogP contribution in [0.2, 0.25) is 0 Å². The number of hydrogen-bond acceptors (Lipinski definition) is 2. The van der Waals surface area contributed by atoms with Crippen LogP contribution in [0.15, 0.2) is 0 Å². The Morgan fingerprint density at radius 2 is 2.00 bits per heavy atom. The van der Waals surface area contributed by atoms with Gasteiger partial charge in [0.25, 0.3) is 0 Å². The fourth-order valence-electron chi connectivity index (χ4n) is 3.58. The maximum absolute atomic E-state index is 5.58. The third-order valence-corrected chi connectivity index (χ3v) is 5.15. The standard InChI is InChI=1S/C17H35NO/c1-7-18-15(11-13-17(4,5)19-6)14-10-8-9-12-16(14,2)3/h14-15,18H,7-13H2,1-6H3. The summed E-state index contributed by atoms with van der Waals surface area (Å²) in [6.07, 6.45) is 7.94. The number of hydrogen-bond donors (Lipinski definition) is 1. The average Bonchev–Trinajstić information content (AvgIpc) is 2.34. The second kappa shape index (κ2) is 7.08. The van der Waals surface area contributed by atoms with Crippen molar-refractivity contribution in [3.63, 3.8) is 0 Å². The van der Waals surface area contributed by atoms with E-state index >= 15 is 0 Å². The highest BCUT2D eigenvalue weighted by Gasteiger charge is 2.37. The summed E-state index contributed by atoms with van der Waals surface area (Å²) in [6, 6.07) is 0.648. The zero-order valence-electron chi connectivity index (χ0n) is 14.0. The first-order valence-electron chi connectivity index (χ1n) is 8.11. The highest BCUT2D eigenvalue weighted by atomic mass is 16.5. The number of methoxy groups -OCH3 is 1. The third kappa shape index (κ3) is 5.07. The molecule has 1 aliphatic rings. The quantitative estimate of drug-likeness (QED) is 0.740. The zero-order valence-corrected chi connectivity index (χ0v) is 14.0. The Kier molecular flexibility index (Phi) is 6.32. The normalized spacial score (nSPS) is 25.3. The molecule has 19 heavy (non-hydrogen) atoms. The Balaban J connectivity index is 2.65. The van der Waals surface area contributed by atoms with E-state index in [2.05, 4.69) is 39.9 Å². The van der Waals surface area contributed by atoms with Gasteiger partial charge in [-0.25, -0.2) is 0 Å². The van der Waals surface area contributed by atoms with E-state index in [-0.39, 0.29) is 5.60 Å². The van der Waals surface area contributed by atoms with Crippen molar-refractivity contribution in [2.75, 3.05) is 13.7 Å². The highest BCUT2D eigenvalue weighted by molar-refractivity contribution is 4.91. The third-order valence-electron chi connectivity index (χ3n) is 5.15. The molecule has 1 N–H and O–H groups in total. The molecule has 2 heteroatoms. The fourth-order valence-corrected chi connectivity index (χ4v) is 3.58. The maximum Gasteiger partial charge on any atom is 0.0623 e. The highest BCUT2D eigenvalue weighted by Crippen LogP contribution is 2.43. The zero-order chi connectivity index (χ0) is 14.5. The summed E-state index contributed by atoms with van der Waals surface area (Å²) in [5, 5.41) is 3.75. The molecule has 2 atom stereocenters. The molecule has 2 nitrogen and oxygen atoms in total. The summed E-state index contributed by atoms with van der Waals surface area (Å²) in [6.45, 7) is 12.6. The molecule has 1 saturated carbocycles. The largest absolute Gasteiger partial charge is 0.379 e. The van der Waals surface area contributed by atoms with Crippen LogP contribution in [0.5, 0.6) is 0 Å². The first-order chi connectivity index (χ1) is 8.82. The molecule has 114 valence electrons. The van der Waals surface area contributed by atoms with E-state index < -0.39 is 0 Å². The SMILES string of the molecule is CCNC(CCC(C)(C)OC)C1CCCCC1(C)C. The van der Waals surface area contributed by atoms with Crippen molar-refractivity contribution in [2.45, 2.75) is 84.8 Å². The first-order valence-corrected chi connectivity index (χ1v) is 8.11. The lowest BCUT2D eigenvalue weighted by atomic mass is 9.65. The molecule has 0 radical (unpaired) electrons. The van der Waals surface area contributed by atoms with Crippen molar-refractivity contribution in [2.24, 2.45) is 11.3 Å². The summed E-state index contributed by atoms with van der Waals surface area (Å²) in [7, 11) is 1.83. The fraction of sp³-hybridized carbons (Fsp3) is 1.00. The molecule has 0 aromatic heterocycles. The Bertz CT molecular complexity index is 260. The van der Waals surface area contributed by atoms with Gasteiger partial charge in [-0.05, 0) is 57.4 Å².